The van der Waals surface area contributed by atoms with E-state index in [2.05, 4.69) is 74.2 Å². The number of unbranched alkanes of at least 4 members (excludes halogenated alkanes) is 2. The van der Waals surface area contributed by atoms with Crippen LogP contribution >= 0.6 is 0 Å². The average Bonchev–Trinajstić information content (AvgIpc) is 2.89. The highest BCUT2D eigenvalue weighted by Gasteiger charge is 2.23. The van der Waals surface area contributed by atoms with Gasteiger partial charge >= 0.3 is 0 Å². The van der Waals surface area contributed by atoms with Crippen molar-refractivity contribution in [2.45, 2.75) is 64.4 Å². The van der Waals surface area contributed by atoms with Gasteiger partial charge in [0, 0.05) is 6.61 Å². The second-order valence-electron chi connectivity index (χ2n) is 9.62. The van der Waals surface area contributed by atoms with Gasteiger partial charge in [0.15, 0.2) is 0 Å². The minimum atomic E-state index is -0.0730. The third-order valence-corrected chi connectivity index (χ3v) is 7.21. The number of halogens is 1. The maximum Gasteiger partial charge on any atom is 0.127 e. The van der Waals surface area contributed by atoms with Gasteiger partial charge in [0.25, 0.3) is 0 Å². The molecule has 0 aliphatic heterocycles. The van der Waals surface area contributed by atoms with Crippen molar-refractivity contribution < 1.29 is 9.13 Å². The van der Waals surface area contributed by atoms with Crippen LogP contribution in [0.1, 0.15) is 68.9 Å². The van der Waals surface area contributed by atoms with E-state index in [9.17, 15) is 0 Å². The molecule has 0 N–H and O–H groups in total. The van der Waals surface area contributed by atoms with Crippen LogP contribution in [0.4, 0.5) is 4.39 Å². The van der Waals surface area contributed by atoms with Gasteiger partial charge in [-0.3, -0.25) is 0 Å². The van der Waals surface area contributed by atoms with Gasteiger partial charge in [0.1, 0.15) is 5.82 Å². The van der Waals surface area contributed by atoms with Crippen LogP contribution in [-0.2, 0) is 11.3 Å². The molecule has 1 aliphatic carbocycles. The first kappa shape index (κ1) is 24.4. The van der Waals surface area contributed by atoms with Gasteiger partial charge in [-0.1, -0.05) is 86.5 Å². The fourth-order valence-corrected chi connectivity index (χ4v) is 5.00. The van der Waals surface area contributed by atoms with Gasteiger partial charge in [-0.05, 0) is 83.4 Å². The number of hydrogen-bond acceptors (Lipinski definition) is 1. The van der Waals surface area contributed by atoms with Gasteiger partial charge < -0.3 is 4.74 Å². The number of hydrogen-bond donors (Lipinski definition) is 0. The predicted octanol–water partition coefficient (Wildman–Crippen LogP) is 9.33. The second kappa shape index (κ2) is 12.1. The summed E-state index contributed by atoms with van der Waals surface area (Å²) in [4.78, 5) is 0. The summed E-state index contributed by atoms with van der Waals surface area (Å²) in [6, 6.07) is 22.8. The van der Waals surface area contributed by atoms with Crippen LogP contribution in [0.25, 0.3) is 22.3 Å². The normalized spacial score (nSPS) is 18.1. The highest BCUT2D eigenvalue weighted by Crippen LogP contribution is 2.38. The summed E-state index contributed by atoms with van der Waals surface area (Å²) in [5.41, 5.74) is 6.39. The lowest BCUT2D eigenvalue weighted by Crippen LogP contribution is -2.12. The van der Waals surface area contributed by atoms with Gasteiger partial charge in [0.2, 0.25) is 0 Å². The molecule has 0 saturated heterocycles. The fraction of sp³-hybridized carbons (Fsp3) is 0.375. The zero-order chi connectivity index (χ0) is 23.8. The number of ether oxygens (including phenoxy) is 1. The summed E-state index contributed by atoms with van der Waals surface area (Å²) < 4.78 is 20.8. The Hall–Kier alpha value is -2.71. The molecule has 0 spiro atoms. The molecule has 3 aromatic carbocycles. The topological polar surface area (TPSA) is 9.23 Å². The van der Waals surface area contributed by atoms with Gasteiger partial charge in [-0.25, -0.2) is 4.39 Å². The van der Waals surface area contributed by atoms with Crippen molar-refractivity contribution in [3.63, 3.8) is 0 Å². The van der Waals surface area contributed by atoms with Crippen LogP contribution < -0.4 is 0 Å². The first-order chi connectivity index (χ1) is 16.7. The number of allylic oxidation sites excluding steroid dienone is 1. The molecule has 0 aromatic heterocycles. The van der Waals surface area contributed by atoms with E-state index in [0.29, 0.717) is 18.4 Å². The molecule has 0 heterocycles. The molecule has 1 fully saturated rings. The summed E-state index contributed by atoms with van der Waals surface area (Å²) in [5, 5.41) is 0. The summed E-state index contributed by atoms with van der Waals surface area (Å²) in [7, 11) is 0. The Labute approximate surface area is 204 Å². The molecule has 4 rings (SSSR count). The molecular formula is C32H37FO. The number of rotatable bonds is 10. The average molecular weight is 457 g/mol. The largest absolute Gasteiger partial charge is 0.377 e. The van der Waals surface area contributed by atoms with E-state index < -0.39 is 0 Å². The van der Waals surface area contributed by atoms with E-state index in [1.165, 1.54) is 24.0 Å². The maximum absolute atomic E-state index is 15.0. The van der Waals surface area contributed by atoms with Crippen LogP contribution in [0.15, 0.2) is 79.4 Å². The highest BCUT2D eigenvalue weighted by molar-refractivity contribution is 5.70. The second-order valence-corrected chi connectivity index (χ2v) is 9.62. The van der Waals surface area contributed by atoms with Crippen LogP contribution in [0.3, 0.4) is 0 Å². The maximum atomic E-state index is 15.0. The summed E-state index contributed by atoms with van der Waals surface area (Å²) >= 11 is 0. The molecular weight excluding hydrogens is 419 g/mol. The van der Waals surface area contributed by atoms with E-state index in [1.807, 2.05) is 6.07 Å². The van der Waals surface area contributed by atoms with E-state index in [-0.39, 0.29) is 5.82 Å². The quantitative estimate of drug-likeness (QED) is 0.218. The summed E-state index contributed by atoms with van der Waals surface area (Å²) in [6.45, 7) is 7.61. The van der Waals surface area contributed by atoms with Crippen molar-refractivity contribution in [3.05, 3.63) is 96.3 Å². The Morgan fingerprint density at radius 2 is 1.41 bits per heavy atom. The molecule has 3 aromatic rings. The lowest BCUT2D eigenvalue weighted by Gasteiger charge is -2.27. The van der Waals surface area contributed by atoms with Crippen LogP contribution in [0, 0.1) is 11.7 Å². The molecule has 1 aliphatic rings. The standard InChI is InChI=1S/C32H37FO/c1-3-5-6-21-34-23-25-9-11-26(12-10-25)27-15-17-28(18-16-27)30-19-20-31(32(33)22-30)29-13-7-24(4-2)8-14-29/h4,9-12,15-20,22,24,29H,2-3,5-8,13-14,21,23H2,1H3. The van der Waals surface area contributed by atoms with Crippen molar-refractivity contribution >= 4 is 0 Å². The monoisotopic (exact) mass is 456 g/mol. The molecule has 178 valence electrons. The highest BCUT2D eigenvalue weighted by atomic mass is 19.1. The summed E-state index contributed by atoms with van der Waals surface area (Å²) in [6.07, 6.45) is 9.95. The van der Waals surface area contributed by atoms with E-state index >= 15 is 4.39 Å². The Balaban J connectivity index is 1.38. The molecule has 34 heavy (non-hydrogen) atoms. The SMILES string of the molecule is C=CC1CCC(c2ccc(-c3ccc(-c4ccc(COCCCCC)cc4)cc3)cc2F)CC1. The van der Waals surface area contributed by atoms with Gasteiger partial charge in [-0.15, -0.1) is 6.58 Å². The van der Waals surface area contributed by atoms with E-state index in [1.54, 1.807) is 6.07 Å². The minimum absolute atomic E-state index is 0.0730. The summed E-state index contributed by atoms with van der Waals surface area (Å²) in [5.74, 6) is 0.852. The first-order valence-electron chi connectivity index (χ1n) is 12.9. The lowest BCUT2D eigenvalue weighted by atomic mass is 9.78. The molecule has 1 nitrogen and oxygen atoms in total. The predicted molar refractivity (Wildman–Crippen MR) is 141 cm³/mol. The van der Waals surface area contributed by atoms with Crippen molar-refractivity contribution in [1.82, 2.24) is 0 Å². The Bertz CT molecular complexity index is 1040. The van der Waals surface area contributed by atoms with Crippen LogP contribution in [0.5, 0.6) is 0 Å². The molecule has 0 amide bonds. The Morgan fingerprint density at radius 3 is 2.00 bits per heavy atom. The third-order valence-electron chi connectivity index (χ3n) is 7.21. The van der Waals surface area contributed by atoms with Gasteiger partial charge in [0.05, 0.1) is 6.61 Å². The Morgan fingerprint density at radius 1 is 0.824 bits per heavy atom. The number of benzene rings is 3. The minimum Gasteiger partial charge on any atom is -0.377 e. The smallest absolute Gasteiger partial charge is 0.127 e. The van der Waals surface area contributed by atoms with Gasteiger partial charge in [-0.2, -0.15) is 0 Å². The van der Waals surface area contributed by atoms with Crippen LogP contribution in [0.2, 0.25) is 0 Å². The zero-order valence-electron chi connectivity index (χ0n) is 20.4. The fourth-order valence-electron chi connectivity index (χ4n) is 5.00. The molecule has 0 bridgehead atoms. The Kier molecular flexibility index (Phi) is 8.71. The molecule has 2 heteroatoms. The van der Waals surface area contributed by atoms with Crippen molar-refractivity contribution in [2.24, 2.45) is 5.92 Å². The molecule has 0 radical (unpaired) electrons. The van der Waals surface area contributed by atoms with Crippen molar-refractivity contribution in [3.8, 4) is 22.3 Å². The van der Waals surface area contributed by atoms with E-state index in [0.717, 1.165) is 61.0 Å². The lowest BCUT2D eigenvalue weighted by molar-refractivity contribution is 0.117. The molecule has 1 saturated carbocycles. The molecule has 0 unspecified atom stereocenters. The van der Waals surface area contributed by atoms with Crippen molar-refractivity contribution in [2.75, 3.05) is 6.61 Å². The molecule has 0 atom stereocenters. The van der Waals surface area contributed by atoms with E-state index in [4.69, 9.17) is 4.74 Å². The van der Waals surface area contributed by atoms with Crippen molar-refractivity contribution in [1.29, 1.82) is 0 Å². The van der Waals surface area contributed by atoms with Crippen LogP contribution in [-0.4, -0.2) is 6.61 Å². The third kappa shape index (κ3) is 6.24. The first-order valence-corrected chi connectivity index (χ1v) is 12.9. The zero-order valence-corrected chi connectivity index (χ0v) is 20.4.